The third-order valence-electron chi connectivity index (χ3n) is 5.59. The molecule has 1 fully saturated rings. The van der Waals surface area contributed by atoms with Crippen LogP contribution in [0.5, 0.6) is 0 Å². The zero-order chi connectivity index (χ0) is 19.7. The molecule has 3 atom stereocenters. The van der Waals surface area contributed by atoms with Crippen LogP contribution in [0.15, 0.2) is 35.6 Å². The summed E-state index contributed by atoms with van der Waals surface area (Å²) in [5.41, 5.74) is 7.98. The maximum atomic E-state index is 15.0. The lowest BCUT2D eigenvalue weighted by Gasteiger charge is -2.46. The van der Waals surface area contributed by atoms with Gasteiger partial charge in [-0.05, 0) is 30.7 Å². The quantitative estimate of drug-likeness (QED) is 0.803. The summed E-state index contributed by atoms with van der Waals surface area (Å²) in [5, 5.41) is 8.05. The SMILES string of the molecule is CCNCc1ccc(F)c([C@]23CO[C@@H](c4cnn(C)c4)C[C@H]2CSC(N)=N3)c1. The standard InChI is InChI=1S/C20H26FN5OS/c1-3-23-8-13-4-5-17(21)16(6-13)20-12-27-18(14-9-24-26(2)10-14)7-15(20)11-28-19(22)25-20/h4-6,9-10,15,18,23H,3,7-8,11-12H2,1-2H3,(H2,22,25)/t15-,18+,20-/m0/s1. The van der Waals surface area contributed by atoms with E-state index < -0.39 is 5.54 Å². The van der Waals surface area contributed by atoms with Crippen molar-refractivity contribution in [3.05, 3.63) is 53.1 Å². The number of hydrogen-bond acceptors (Lipinski definition) is 6. The number of fused-ring (bicyclic) bond motifs is 1. The van der Waals surface area contributed by atoms with E-state index in [1.54, 1.807) is 4.68 Å². The Labute approximate surface area is 168 Å². The lowest BCUT2D eigenvalue weighted by Crippen LogP contribution is -2.48. The van der Waals surface area contributed by atoms with Crippen LogP contribution < -0.4 is 11.1 Å². The van der Waals surface area contributed by atoms with Gasteiger partial charge in [-0.1, -0.05) is 24.8 Å². The van der Waals surface area contributed by atoms with Gasteiger partial charge in [-0.15, -0.1) is 0 Å². The minimum absolute atomic E-state index is 0.0602. The molecule has 8 heteroatoms. The molecule has 0 unspecified atom stereocenters. The van der Waals surface area contributed by atoms with Gasteiger partial charge in [0.15, 0.2) is 5.17 Å². The van der Waals surface area contributed by atoms with Crippen LogP contribution in [0.4, 0.5) is 4.39 Å². The first-order valence-corrected chi connectivity index (χ1v) is 10.6. The van der Waals surface area contributed by atoms with Crippen LogP contribution >= 0.6 is 11.8 Å². The number of ether oxygens (including phenoxy) is 1. The Morgan fingerprint density at radius 3 is 3.07 bits per heavy atom. The molecule has 2 aliphatic heterocycles. The van der Waals surface area contributed by atoms with Crippen LogP contribution in [0.2, 0.25) is 0 Å². The summed E-state index contributed by atoms with van der Waals surface area (Å²) in [6, 6.07) is 5.28. The summed E-state index contributed by atoms with van der Waals surface area (Å²) in [6.45, 7) is 3.91. The Morgan fingerprint density at radius 1 is 1.46 bits per heavy atom. The van der Waals surface area contributed by atoms with Gasteiger partial charge in [-0.2, -0.15) is 5.10 Å². The van der Waals surface area contributed by atoms with E-state index in [-0.39, 0.29) is 17.8 Å². The number of thioether (sulfide) groups is 1. The van der Waals surface area contributed by atoms with Crippen LogP contribution in [0.3, 0.4) is 0 Å². The summed E-state index contributed by atoms with van der Waals surface area (Å²) in [7, 11) is 1.89. The average Bonchev–Trinajstić information content (AvgIpc) is 3.13. The van der Waals surface area contributed by atoms with E-state index in [2.05, 4.69) is 17.3 Å². The minimum Gasteiger partial charge on any atom is -0.379 e. The van der Waals surface area contributed by atoms with E-state index in [1.807, 2.05) is 31.6 Å². The fourth-order valence-corrected chi connectivity index (χ4v) is 5.10. The highest BCUT2D eigenvalue weighted by molar-refractivity contribution is 8.13. The van der Waals surface area contributed by atoms with Crippen molar-refractivity contribution in [2.75, 3.05) is 18.9 Å². The third-order valence-corrected chi connectivity index (χ3v) is 6.55. The first-order chi connectivity index (χ1) is 13.5. The van der Waals surface area contributed by atoms with Crippen molar-refractivity contribution in [1.29, 1.82) is 0 Å². The largest absolute Gasteiger partial charge is 0.379 e. The van der Waals surface area contributed by atoms with E-state index in [0.717, 1.165) is 29.8 Å². The van der Waals surface area contributed by atoms with Crippen molar-refractivity contribution < 1.29 is 9.13 Å². The molecule has 6 nitrogen and oxygen atoms in total. The molecule has 0 aliphatic carbocycles. The molecular weight excluding hydrogens is 377 g/mol. The van der Waals surface area contributed by atoms with Gasteiger partial charge in [0.05, 0.1) is 18.9 Å². The van der Waals surface area contributed by atoms with Crippen molar-refractivity contribution in [1.82, 2.24) is 15.1 Å². The Bertz CT molecular complexity index is 885. The van der Waals surface area contributed by atoms with Crippen LogP contribution in [-0.2, 0) is 23.9 Å². The molecule has 1 saturated heterocycles. The van der Waals surface area contributed by atoms with Crippen molar-refractivity contribution >= 4 is 16.9 Å². The van der Waals surface area contributed by atoms with Crippen LogP contribution in [0, 0.1) is 11.7 Å². The second-order valence-corrected chi connectivity index (χ2v) is 8.50. The lowest BCUT2D eigenvalue weighted by molar-refractivity contribution is -0.0588. The van der Waals surface area contributed by atoms with Gasteiger partial charge in [-0.3, -0.25) is 4.68 Å². The molecule has 2 aliphatic rings. The minimum atomic E-state index is -0.777. The Morgan fingerprint density at radius 2 is 2.32 bits per heavy atom. The third kappa shape index (κ3) is 3.56. The van der Waals surface area contributed by atoms with E-state index in [9.17, 15) is 4.39 Å². The molecule has 0 amide bonds. The predicted molar refractivity (Wildman–Crippen MR) is 110 cm³/mol. The predicted octanol–water partition coefficient (Wildman–Crippen LogP) is 2.70. The number of halogens is 1. The molecule has 28 heavy (non-hydrogen) atoms. The van der Waals surface area contributed by atoms with Crippen molar-refractivity contribution in [2.24, 2.45) is 23.7 Å². The van der Waals surface area contributed by atoms with Gasteiger partial charge in [-0.25, -0.2) is 9.38 Å². The molecular formula is C20H26FN5OS. The number of aromatic nitrogens is 2. The molecule has 3 heterocycles. The zero-order valence-electron chi connectivity index (χ0n) is 16.2. The number of nitrogens with zero attached hydrogens (tertiary/aromatic N) is 3. The number of hydrogen-bond donors (Lipinski definition) is 2. The maximum absolute atomic E-state index is 15.0. The number of benzene rings is 1. The number of aliphatic imine (C=N–C) groups is 1. The fourth-order valence-electron chi connectivity index (χ4n) is 4.09. The molecule has 0 radical (unpaired) electrons. The maximum Gasteiger partial charge on any atom is 0.154 e. The summed E-state index contributed by atoms with van der Waals surface area (Å²) < 4.78 is 23.0. The van der Waals surface area contributed by atoms with Crippen LogP contribution in [-0.4, -0.2) is 33.9 Å². The highest BCUT2D eigenvalue weighted by Crippen LogP contribution is 2.49. The smallest absolute Gasteiger partial charge is 0.154 e. The van der Waals surface area contributed by atoms with Gasteiger partial charge in [0.25, 0.3) is 0 Å². The van der Waals surface area contributed by atoms with Gasteiger partial charge >= 0.3 is 0 Å². The Kier molecular flexibility index (Phi) is 5.44. The Hall–Kier alpha value is -1.90. The van der Waals surface area contributed by atoms with E-state index >= 15 is 0 Å². The Balaban J connectivity index is 1.70. The first kappa shape index (κ1) is 19.4. The van der Waals surface area contributed by atoms with Gasteiger partial charge in [0.2, 0.25) is 0 Å². The average molecular weight is 404 g/mol. The van der Waals surface area contributed by atoms with Gasteiger partial charge in [0, 0.05) is 42.6 Å². The van der Waals surface area contributed by atoms with Crippen molar-refractivity contribution in [3.8, 4) is 0 Å². The number of amidine groups is 1. The molecule has 0 saturated carbocycles. The van der Waals surface area contributed by atoms with Crippen molar-refractivity contribution in [2.45, 2.75) is 31.5 Å². The van der Waals surface area contributed by atoms with Crippen molar-refractivity contribution in [3.63, 3.8) is 0 Å². The molecule has 0 spiro atoms. The molecule has 4 rings (SSSR count). The highest BCUT2D eigenvalue weighted by Gasteiger charge is 2.49. The topological polar surface area (TPSA) is 77.5 Å². The van der Waals surface area contributed by atoms with E-state index in [1.165, 1.54) is 17.8 Å². The summed E-state index contributed by atoms with van der Waals surface area (Å²) in [4.78, 5) is 4.77. The lowest BCUT2D eigenvalue weighted by atomic mass is 9.74. The molecule has 0 bridgehead atoms. The monoisotopic (exact) mass is 403 g/mol. The van der Waals surface area contributed by atoms with E-state index in [0.29, 0.717) is 23.9 Å². The summed E-state index contributed by atoms with van der Waals surface area (Å²) in [6.07, 6.45) is 4.51. The fraction of sp³-hybridized carbons (Fsp3) is 0.500. The zero-order valence-corrected chi connectivity index (χ0v) is 17.0. The molecule has 3 N–H and O–H groups in total. The van der Waals surface area contributed by atoms with Crippen LogP contribution in [0.25, 0.3) is 0 Å². The number of aryl methyl sites for hydroxylation is 1. The first-order valence-electron chi connectivity index (χ1n) is 9.59. The molecule has 1 aromatic carbocycles. The second-order valence-electron chi connectivity index (χ2n) is 7.46. The summed E-state index contributed by atoms with van der Waals surface area (Å²) in [5.74, 6) is 0.677. The van der Waals surface area contributed by atoms with Crippen LogP contribution in [0.1, 0.15) is 36.1 Å². The number of rotatable bonds is 5. The molecule has 1 aromatic heterocycles. The van der Waals surface area contributed by atoms with Gasteiger partial charge < -0.3 is 15.8 Å². The van der Waals surface area contributed by atoms with E-state index in [4.69, 9.17) is 15.5 Å². The molecule has 2 aromatic rings. The van der Waals surface area contributed by atoms with Gasteiger partial charge in [0.1, 0.15) is 11.4 Å². The second kappa shape index (κ2) is 7.85. The normalized spacial score (nSPS) is 27.3. The number of nitrogens with two attached hydrogens (primary N) is 1. The molecule has 150 valence electrons. The highest BCUT2D eigenvalue weighted by atomic mass is 32.2. The number of nitrogens with one attached hydrogen (secondary N) is 1. The summed E-state index contributed by atoms with van der Waals surface area (Å²) >= 11 is 1.54.